The van der Waals surface area contributed by atoms with Crippen LogP contribution in [0.4, 0.5) is 20.2 Å². The van der Waals surface area contributed by atoms with Crippen molar-refractivity contribution in [3.8, 4) is 0 Å². The summed E-state index contributed by atoms with van der Waals surface area (Å²) < 4.78 is 27.0. The van der Waals surface area contributed by atoms with Crippen LogP contribution in [0.25, 0.3) is 0 Å². The van der Waals surface area contributed by atoms with Crippen molar-refractivity contribution in [2.75, 3.05) is 9.80 Å². The minimum Gasteiger partial charge on any atom is -0.305 e. The van der Waals surface area contributed by atoms with Gasteiger partial charge in [0.25, 0.3) is 11.8 Å². The first-order valence-electron chi connectivity index (χ1n) is 11.8. The molecule has 0 fully saturated rings. The van der Waals surface area contributed by atoms with E-state index in [4.69, 9.17) is 0 Å². The molecule has 1 aliphatic rings. The summed E-state index contributed by atoms with van der Waals surface area (Å²) in [5.74, 6) is -1.31. The Balaban J connectivity index is 1.60. The highest BCUT2D eigenvalue weighted by Crippen LogP contribution is 2.43. The van der Waals surface area contributed by atoms with E-state index in [9.17, 15) is 18.4 Å². The molecule has 1 aliphatic heterocycles. The second-order valence-electron chi connectivity index (χ2n) is 8.86. The van der Waals surface area contributed by atoms with Gasteiger partial charge in [-0.05, 0) is 85.6 Å². The average Bonchev–Trinajstić information content (AvgIpc) is 2.90. The number of hydrogen-bond donors (Lipinski definition) is 0. The van der Waals surface area contributed by atoms with Crippen molar-refractivity contribution in [2.24, 2.45) is 0 Å². The van der Waals surface area contributed by atoms with Crippen LogP contribution in [0, 0.1) is 11.6 Å². The van der Waals surface area contributed by atoms with Gasteiger partial charge in [0.1, 0.15) is 11.6 Å². The Labute approximate surface area is 208 Å². The molecule has 5 rings (SSSR count). The monoisotopic (exact) mass is 482 g/mol. The first-order chi connectivity index (χ1) is 17.4. The van der Waals surface area contributed by atoms with Gasteiger partial charge in [-0.3, -0.25) is 9.59 Å². The summed E-state index contributed by atoms with van der Waals surface area (Å²) >= 11 is 0. The van der Waals surface area contributed by atoms with E-state index in [1.807, 2.05) is 61.5 Å². The van der Waals surface area contributed by atoms with E-state index in [0.717, 1.165) is 5.56 Å². The number of hydrogen-bond acceptors (Lipinski definition) is 2. The molecule has 2 atom stereocenters. The van der Waals surface area contributed by atoms with Crippen molar-refractivity contribution in [1.82, 2.24) is 0 Å². The number of fused-ring (bicyclic) bond motifs is 1. The molecule has 0 saturated carbocycles. The zero-order valence-corrected chi connectivity index (χ0v) is 19.6. The molecular formula is C30H24F2N2O2. The number of rotatable bonds is 4. The number of nitrogens with zero attached hydrogens (tertiary/aromatic N) is 2. The molecule has 4 aromatic carbocycles. The summed E-state index contributed by atoms with van der Waals surface area (Å²) in [4.78, 5) is 30.8. The van der Waals surface area contributed by atoms with Gasteiger partial charge in [-0.1, -0.05) is 36.4 Å². The van der Waals surface area contributed by atoms with Gasteiger partial charge in [-0.15, -0.1) is 0 Å². The molecule has 6 heteroatoms. The SMILES string of the molecule is C[C@@H]1C[C@@H](N(C(=O)c2ccc(F)cc2)c2ccccc2)c2ccccc2N1C(=O)c1ccc(F)cc1. The molecule has 4 nitrogen and oxygen atoms in total. The first kappa shape index (κ1) is 23.4. The molecule has 0 radical (unpaired) electrons. The molecule has 36 heavy (non-hydrogen) atoms. The van der Waals surface area contributed by atoms with Crippen molar-refractivity contribution < 1.29 is 18.4 Å². The largest absolute Gasteiger partial charge is 0.305 e. The standard InChI is InChI=1S/C30H24F2N2O2/c1-20-19-28(34(25-7-3-2-4-8-25)30(36)22-13-17-24(32)18-14-22)26-9-5-6-10-27(26)33(20)29(35)21-11-15-23(31)16-12-21/h2-18,20,28H,19H2,1H3/t20-,28-/m1/s1. The minimum atomic E-state index is -0.413. The predicted molar refractivity (Wildman–Crippen MR) is 136 cm³/mol. The molecule has 4 aromatic rings. The molecule has 2 amide bonds. The van der Waals surface area contributed by atoms with E-state index in [0.29, 0.717) is 28.9 Å². The number of benzene rings is 4. The summed E-state index contributed by atoms with van der Waals surface area (Å²) in [7, 11) is 0. The second-order valence-corrected chi connectivity index (χ2v) is 8.86. The Hall–Kier alpha value is -4.32. The van der Waals surface area contributed by atoms with Crippen LogP contribution in [0.3, 0.4) is 0 Å². The fourth-order valence-electron chi connectivity index (χ4n) is 4.83. The van der Waals surface area contributed by atoms with Crippen molar-refractivity contribution in [3.63, 3.8) is 0 Å². The van der Waals surface area contributed by atoms with Gasteiger partial charge in [0.2, 0.25) is 0 Å². The molecular weight excluding hydrogens is 458 g/mol. The Bertz CT molecular complexity index is 1390. The summed E-state index contributed by atoms with van der Waals surface area (Å²) in [6.07, 6.45) is 0.478. The third-order valence-corrected chi connectivity index (χ3v) is 6.53. The van der Waals surface area contributed by atoms with E-state index in [1.54, 1.807) is 9.80 Å². The molecule has 0 saturated heterocycles. The van der Waals surface area contributed by atoms with Crippen molar-refractivity contribution >= 4 is 23.2 Å². The quantitative estimate of drug-likeness (QED) is 0.321. The number of halogens is 2. The number of anilines is 2. The Morgan fingerprint density at radius 1 is 0.750 bits per heavy atom. The van der Waals surface area contributed by atoms with E-state index >= 15 is 0 Å². The third-order valence-electron chi connectivity index (χ3n) is 6.53. The highest BCUT2D eigenvalue weighted by atomic mass is 19.1. The van der Waals surface area contributed by atoms with Gasteiger partial charge >= 0.3 is 0 Å². The van der Waals surface area contributed by atoms with Crippen LogP contribution in [-0.4, -0.2) is 17.9 Å². The smallest absolute Gasteiger partial charge is 0.258 e. The lowest BCUT2D eigenvalue weighted by molar-refractivity contribution is 0.0965. The fourth-order valence-corrected chi connectivity index (χ4v) is 4.83. The molecule has 0 N–H and O–H groups in total. The van der Waals surface area contributed by atoms with E-state index in [-0.39, 0.29) is 23.9 Å². The van der Waals surface area contributed by atoms with Gasteiger partial charge in [-0.25, -0.2) is 8.78 Å². The fraction of sp³-hybridized carbons (Fsp3) is 0.133. The van der Waals surface area contributed by atoms with Gasteiger partial charge in [0.15, 0.2) is 0 Å². The van der Waals surface area contributed by atoms with Gasteiger partial charge < -0.3 is 9.80 Å². The lowest BCUT2D eigenvalue weighted by Crippen LogP contribution is -2.47. The molecule has 0 aromatic heterocycles. The molecule has 0 bridgehead atoms. The number of carbonyl (C=O) groups excluding carboxylic acids is 2. The highest BCUT2D eigenvalue weighted by molar-refractivity contribution is 6.09. The minimum absolute atomic E-state index is 0.232. The second kappa shape index (κ2) is 9.74. The Morgan fingerprint density at radius 3 is 1.94 bits per heavy atom. The van der Waals surface area contributed by atoms with Crippen molar-refractivity contribution in [3.05, 3.63) is 131 Å². The van der Waals surface area contributed by atoms with Crippen LogP contribution in [-0.2, 0) is 0 Å². The Morgan fingerprint density at radius 2 is 1.31 bits per heavy atom. The van der Waals surface area contributed by atoms with E-state index in [2.05, 4.69) is 0 Å². The molecule has 1 heterocycles. The summed E-state index contributed by atoms with van der Waals surface area (Å²) in [5.41, 5.74) is 2.99. The highest BCUT2D eigenvalue weighted by Gasteiger charge is 2.39. The number of carbonyl (C=O) groups is 2. The van der Waals surface area contributed by atoms with Crippen LogP contribution < -0.4 is 9.80 Å². The van der Waals surface area contributed by atoms with Gasteiger partial charge in [0, 0.05) is 28.5 Å². The summed E-state index contributed by atoms with van der Waals surface area (Å²) in [6, 6.07) is 27.3. The maximum absolute atomic E-state index is 13.8. The van der Waals surface area contributed by atoms with Crippen molar-refractivity contribution in [1.29, 1.82) is 0 Å². The zero-order valence-electron chi connectivity index (χ0n) is 19.6. The van der Waals surface area contributed by atoms with Crippen molar-refractivity contribution in [2.45, 2.75) is 25.4 Å². The van der Waals surface area contributed by atoms with Gasteiger partial charge in [-0.2, -0.15) is 0 Å². The number of para-hydroxylation sites is 2. The van der Waals surface area contributed by atoms with Crippen LogP contribution in [0.2, 0.25) is 0 Å². The predicted octanol–water partition coefficient (Wildman–Crippen LogP) is 6.79. The number of amides is 2. The molecule has 0 unspecified atom stereocenters. The molecule has 180 valence electrons. The zero-order chi connectivity index (χ0) is 25.2. The van der Waals surface area contributed by atoms with E-state index in [1.165, 1.54) is 48.5 Å². The Kier molecular flexibility index (Phi) is 6.34. The third kappa shape index (κ3) is 4.38. The normalized spacial score (nSPS) is 16.8. The van der Waals surface area contributed by atoms with Crippen LogP contribution in [0.1, 0.15) is 45.7 Å². The lowest BCUT2D eigenvalue weighted by Gasteiger charge is -2.43. The summed E-state index contributed by atoms with van der Waals surface area (Å²) in [6.45, 7) is 1.94. The summed E-state index contributed by atoms with van der Waals surface area (Å²) in [5, 5.41) is 0. The van der Waals surface area contributed by atoms with Gasteiger partial charge in [0.05, 0.1) is 6.04 Å². The average molecular weight is 483 g/mol. The topological polar surface area (TPSA) is 40.6 Å². The lowest BCUT2D eigenvalue weighted by atomic mass is 9.89. The van der Waals surface area contributed by atoms with Crippen LogP contribution >= 0.6 is 0 Å². The molecule has 0 spiro atoms. The van der Waals surface area contributed by atoms with Crippen LogP contribution in [0.5, 0.6) is 0 Å². The maximum Gasteiger partial charge on any atom is 0.258 e. The van der Waals surface area contributed by atoms with Crippen LogP contribution in [0.15, 0.2) is 103 Å². The molecule has 0 aliphatic carbocycles. The maximum atomic E-state index is 13.8. The van der Waals surface area contributed by atoms with E-state index < -0.39 is 11.6 Å². The first-order valence-corrected chi connectivity index (χ1v) is 11.8.